The number of nitrogens with one attached hydrogen (secondary N) is 1. The van der Waals surface area contributed by atoms with Gasteiger partial charge < -0.3 is 5.32 Å². The van der Waals surface area contributed by atoms with Crippen molar-refractivity contribution < 1.29 is 4.21 Å². The molecule has 1 N–H and O–H groups in total. The van der Waals surface area contributed by atoms with Gasteiger partial charge in [0.15, 0.2) is 0 Å². The van der Waals surface area contributed by atoms with Crippen LogP contribution in [0, 0.1) is 20.8 Å². The van der Waals surface area contributed by atoms with E-state index in [0.717, 1.165) is 6.54 Å². The van der Waals surface area contributed by atoms with Crippen LogP contribution in [0.15, 0.2) is 12.1 Å². The molecule has 0 saturated carbocycles. The Hall–Kier alpha value is -0.670. The Morgan fingerprint density at radius 1 is 1.15 bits per heavy atom. The smallest absolute Gasteiger partial charge is 0.0442 e. The highest BCUT2D eigenvalue weighted by atomic mass is 32.2. The van der Waals surface area contributed by atoms with E-state index in [0.29, 0.717) is 5.75 Å². The van der Waals surface area contributed by atoms with Gasteiger partial charge in [-0.1, -0.05) is 24.6 Å². The number of hydrogen-bond acceptors (Lipinski definition) is 2. The third-order valence-corrected chi connectivity index (χ3v) is 5.54. The lowest BCUT2D eigenvalue weighted by Gasteiger charge is -2.26. The molecule has 2 nitrogen and oxygen atoms in total. The van der Waals surface area contributed by atoms with Crippen molar-refractivity contribution >= 4 is 10.8 Å². The van der Waals surface area contributed by atoms with Crippen molar-refractivity contribution in [1.29, 1.82) is 0 Å². The Morgan fingerprint density at radius 3 is 2.05 bits per heavy atom. The van der Waals surface area contributed by atoms with Crippen molar-refractivity contribution in [3.05, 3.63) is 34.4 Å². The Labute approximate surface area is 126 Å². The summed E-state index contributed by atoms with van der Waals surface area (Å²) in [6, 6.07) is 4.60. The van der Waals surface area contributed by atoms with Gasteiger partial charge in [-0.15, -0.1) is 0 Å². The van der Waals surface area contributed by atoms with Crippen molar-refractivity contribution in [3.8, 4) is 0 Å². The van der Waals surface area contributed by atoms with Crippen LogP contribution in [0.5, 0.6) is 0 Å². The molecule has 0 aliphatic heterocycles. The minimum absolute atomic E-state index is 0.166. The maximum absolute atomic E-state index is 12.5. The van der Waals surface area contributed by atoms with Crippen LogP contribution < -0.4 is 5.32 Å². The number of aryl methyl sites for hydroxylation is 3. The monoisotopic (exact) mass is 295 g/mol. The molecule has 0 radical (unpaired) electrons. The van der Waals surface area contributed by atoms with Gasteiger partial charge in [0.2, 0.25) is 0 Å². The lowest BCUT2D eigenvalue weighted by Crippen LogP contribution is -2.33. The molecule has 1 rings (SSSR count). The molecule has 0 aliphatic rings. The van der Waals surface area contributed by atoms with Crippen LogP contribution in [-0.4, -0.2) is 21.3 Å². The SMILES string of the molecule is CCNC(CS(=O)C(C)(C)C)c1c(C)cc(C)cc1C. The van der Waals surface area contributed by atoms with E-state index < -0.39 is 10.8 Å². The highest BCUT2D eigenvalue weighted by Gasteiger charge is 2.25. The van der Waals surface area contributed by atoms with E-state index in [1.54, 1.807) is 0 Å². The molecule has 0 spiro atoms. The van der Waals surface area contributed by atoms with Crippen molar-refractivity contribution in [1.82, 2.24) is 5.32 Å². The molecular weight excluding hydrogens is 266 g/mol. The standard InChI is InChI=1S/C17H29NOS/c1-8-18-15(11-20(19)17(5,6)7)16-13(3)9-12(2)10-14(16)4/h9-10,15,18H,8,11H2,1-7H3. The molecular formula is C17H29NOS. The van der Waals surface area contributed by atoms with Gasteiger partial charge in [0, 0.05) is 27.3 Å². The van der Waals surface area contributed by atoms with Gasteiger partial charge in [-0.05, 0) is 64.8 Å². The third kappa shape index (κ3) is 4.42. The second-order valence-corrected chi connectivity index (χ2v) is 8.80. The Bertz CT molecular complexity index is 465. The van der Waals surface area contributed by atoms with E-state index in [9.17, 15) is 4.21 Å². The van der Waals surface area contributed by atoms with Crippen LogP contribution in [-0.2, 0) is 10.8 Å². The van der Waals surface area contributed by atoms with Crippen LogP contribution in [0.25, 0.3) is 0 Å². The Morgan fingerprint density at radius 2 is 1.65 bits per heavy atom. The fourth-order valence-corrected chi connectivity index (χ4v) is 3.72. The first-order valence-corrected chi connectivity index (χ1v) is 8.68. The van der Waals surface area contributed by atoms with E-state index in [4.69, 9.17) is 0 Å². The van der Waals surface area contributed by atoms with E-state index >= 15 is 0 Å². The van der Waals surface area contributed by atoms with Gasteiger partial charge in [0.25, 0.3) is 0 Å². The van der Waals surface area contributed by atoms with Gasteiger partial charge in [0.05, 0.1) is 0 Å². The van der Waals surface area contributed by atoms with Gasteiger partial charge in [0.1, 0.15) is 0 Å². The predicted molar refractivity (Wildman–Crippen MR) is 89.8 cm³/mol. The first-order valence-electron chi connectivity index (χ1n) is 7.36. The zero-order valence-corrected chi connectivity index (χ0v) is 14.8. The zero-order chi connectivity index (χ0) is 15.5. The first-order chi connectivity index (χ1) is 9.16. The molecule has 0 aromatic heterocycles. The molecule has 2 atom stereocenters. The lowest BCUT2D eigenvalue weighted by atomic mass is 9.95. The molecule has 2 unspecified atom stereocenters. The van der Waals surface area contributed by atoms with Gasteiger partial charge >= 0.3 is 0 Å². The maximum atomic E-state index is 12.5. The number of hydrogen-bond donors (Lipinski definition) is 1. The molecule has 0 bridgehead atoms. The third-order valence-electron chi connectivity index (χ3n) is 3.54. The van der Waals surface area contributed by atoms with Gasteiger partial charge in [-0.3, -0.25) is 4.21 Å². The summed E-state index contributed by atoms with van der Waals surface area (Å²) in [6.45, 7) is 15.5. The lowest BCUT2D eigenvalue weighted by molar-refractivity contribution is 0.579. The second-order valence-electron chi connectivity index (χ2n) is 6.55. The molecule has 20 heavy (non-hydrogen) atoms. The van der Waals surface area contributed by atoms with E-state index in [-0.39, 0.29) is 10.8 Å². The van der Waals surface area contributed by atoms with E-state index in [1.807, 2.05) is 20.8 Å². The zero-order valence-electron chi connectivity index (χ0n) is 14.0. The average molecular weight is 295 g/mol. The highest BCUT2D eigenvalue weighted by molar-refractivity contribution is 7.86. The molecule has 3 heteroatoms. The summed E-state index contributed by atoms with van der Waals surface area (Å²) in [6.07, 6.45) is 0. The summed E-state index contributed by atoms with van der Waals surface area (Å²) in [5.74, 6) is 0.669. The Balaban J connectivity index is 3.12. The quantitative estimate of drug-likeness (QED) is 0.895. The number of benzene rings is 1. The molecule has 0 heterocycles. The Kier molecular flexibility index (Phi) is 5.96. The fourth-order valence-electron chi connectivity index (χ4n) is 2.63. The predicted octanol–water partition coefficient (Wildman–Crippen LogP) is 3.81. The molecule has 0 amide bonds. The summed E-state index contributed by atoms with van der Waals surface area (Å²) in [5.41, 5.74) is 5.18. The van der Waals surface area contributed by atoms with Crippen molar-refractivity contribution in [3.63, 3.8) is 0 Å². The van der Waals surface area contributed by atoms with Crippen LogP contribution in [0.2, 0.25) is 0 Å². The maximum Gasteiger partial charge on any atom is 0.0442 e. The number of rotatable bonds is 5. The molecule has 114 valence electrons. The summed E-state index contributed by atoms with van der Waals surface area (Å²) in [4.78, 5) is 0. The fraction of sp³-hybridized carbons (Fsp3) is 0.647. The minimum atomic E-state index is -0.854. The average Bonchev–Trinajstić information content (AvgIpc) is 2.26. The first kappa shape index (κ1) is 17.4. The summed E-state index contributed by atoms with van der Waals surface area (Å²) < 4.78 is 12.3. The summed E-state index contributed by atoms with van der Waals surface area (Å²) >= 11 is 0. The summed E-state index contributed by atoms with van der Waals surface area (Å²) in [7, 11) is -0.854. The van der Waals surface area contributed by atoms with Gasteiger partial charge in [-0.25, -0.2) is 0 Å². The van der Waals surface area contributed by atoms with E-state index in [2.05, 4.69) is 45.1 Å². The van der Waals surface area contributed by atoms with Crippen LogP contribution in [0.4, 0.5) is 0 Å². The van der Waals surface area contributed by atoms with Gasteiger partial charge in [-0.2, -0.15) is 0 Å². The minimum Gasteiger partial charge on any atom is -0.309 e. The normalized spacial score (nSPS) is 15.2. The van der Waals surface area contributed by atoms with Crippen LogP contribution in [0.1, 0.15) is 56.0 Å². The van der Waals surface area contributed by atoms with Crippen LogP contribution in [0.3, 0.4) is 0 Å². The van der Waals surface area contributed by atoms with Crippen molar-refractivity contribution in [2.24, 2.45) is 0 Å². The molecule has 0 aliphatic carbocycles. The molecule has 1 aromatic carbocycles. The van der Waals surface area contributed by atoms with Crippen LogP contribution >= 0.6 is 0 Å². The molecule has 1 aromatic rings. The van der Waals surface area contributed by atoms with E-state index in [1.165, 1.54) is 22.3 Å². The second kappa shape index (κ2) is 6.86. The highest BCUT2D eigenvalue weighted by Crippen LogP contribution is 2.26. The van der Waals surface area contributed by atoms with Crippen molar-refractivity contribution in [2.45, 2.75) is 59.3 Å². The molecule has 0 saturated heterocycles. The molecule has 0 fully saturated rings. The largest absolute Gasteiger partial charge is 0.309 e. The van der Waals surface area contributed by atoms with Crippen molar-refractivity contribution in [2.75, 3.05) is 12.3 Å². The topological polar surface area (TPSA) is 29.1 Å². The summed E-state index contributed by atoms with van der Waals surface area (Å²) in [5, 5.41) is 3.51.